The Kier molecular flexibility index (Phi) is 4.63. The van der Waals surface area contributed by atoms with Crippen molar-refractivity contribution in [3.05, 3.63) is 65.1 Å². The van der Waals surface area contributed by atoms with Crippen LogP contribution in [0, 0.1) is 24.4 Å². The Bertz CT molecular complexity index is 942. The van der Waals surface area contributed by atoms with Crippen molar-refractivity contribution in [2.75, 3.05) is 0 Å². The van der Waals surface area contributed by atoms with Crippen LogP contribution in [0.25, 0.3) is 10.9 Å². The van der Waals surface area contributed by atoms with Gasteiger partial charge >= 0.3 is 0 Å². The number of hydrogen-bond acceptors (Lipinski definition) is 3. The van der Waals surface area contributed by atoms with E-state index in [1.54, 1.807) is 19.9 Å². The van der Waals surface area contributed by atoms with Crippen molar-refractivity contribution in [3.8, 4) is 11.5 Å². The van der Waals surface area contributed by atoms with Crippen molar-refractivity contribution < 1.29 is 23.0 Å². The Labute approximate surface area is 142 Å². The maximum absolute atomic E-state index is 14.1. The SMILES string of the molecule is Cc1nc2c(F)c(F)ccc2cc1Oc1cccc(F)c1CC(C)O. The van der Waals surface area contributed by atoms with E-state index in [9.17, 15) is 18.3 Å². The van der Waals surface area contributed by atoms with Crippen molar-refractivity contribution in [1.82, 2.24) is 4.98 Å². The first-order valence-electron chi connectivity index (χ1n) is 7.75. The number of nitrogens with zero attached hydrogens (tertiary/aromatic N) is 1. The molecule has 0 aliphatic heterocycles. The van der Waals surface area contributed by atoms with Crippen LogP contribution < -0.4 is 4.74 Å². The lowest BCUT2D eigenvalue weighted by atomic mass is 10.1. The molecule has 1 aromatic heterocycles. The van der Waals surface area contributed by atoms with Gasteiger partial charge in [-0.2, -0.15) is 0 Å². The van der Waals surface area contributed by atoms with E-state index in [1.807, 2.05) is 0 Å². The van der Waals surface area contributed by atoms with E-state index in [4.69, 9.17) is 4.74 Å². The summed E-state index contributed by atoms with van der Waals surface area (Å²) in [4.78, 5) is 4.06. The van der Waals surface area contributed by atoms with Crippen LogP contribution >= 0.6 is 0 Å². The molecular weight excluding hydrogens is 331 g/mol. The molecule has 1 unspecified atom stereocenters. The molecule has 0 radical (unpaired) electrons. The molecule has 3 aromatic rings. The zero-order valence-electron chi connectivity index (χ0n) is 13.7. The molecule has 3 rings (SSSR count). The number of halogens is 3. The van der Waals surface area contributed by atoms with E-state index in [2.05, 4.69) is 4.98 Å². The van der Waals surface area contributed by atoms with Gasteiger partial charge in [-0.05, 0) is 44.2 Å². The molecule has 3 nitrogen and oxygen atoms in total. The molecule has 0 amide bonds. The zero-order valence-corrected chi connectivity index (χ0v) is 13.7. The number of hydrogen-bond donors (Lipinski definition) is 1. The monoisotopic (exact) mass is 347 g/mol. The Balaban J connectivity index is 2.06. The summed E-state index contributed by atoms with van der Waals surface area (Å²) in [7, 11) is 0. The van der Waals surface area contributed by atoms with Gasteiger partial charge in [0.05, 0.1) is 11.8 Å². The summed E-state index contributed by atoms with van der Waals surface area (Å²) in [6.07, 6.45) is -0.658. The van der Waals surface area contributed by atoms with Crippen LogP contribution in [0.3, 0.4) is 0 Å². The van der Waals surface area contributed by atoms with Gasteiger partial charge in [0.15, 0.2) is 11.6 Å². The second-order valence-corrected chi connectivity index (χ2v) is 5.88. The van der Waals surface area contributed by atoms with Gasteiger partial charge in [-0.15, -0.1) is 0 Å². The fourth-order valence-electron chi connectivity index (χ4n) is 2.60. The Morgan fingerprint density at radius 3 is 2.56 bits per heavy atom. The molecular formula is C19H16F3NO2. The lowest BCUT2D eigenvalue weighted by molar-refractivity contribution is 0.193. The Morgan fingerprint density at radius 2 is 1.84 bits per heavy atom. The number of aliphatic hydroxyl groups excluding tert-OH is 1. The Morgan fingerprint density at radius 1 is 1.08 bits per heavy atom. The summed E-state index contributed by atoms with van der Waals surface area (Å²) >= 11 is 0. The molecule has 130 valence electrons. The van der Waals surface area contributed by atoms with E-state index in [-0.39, 0.29) is 23.3 Å². The van der Waals surface area contributed by atoms with E-state index in [0.717, 1.165) is 6.07 Å². The van der Waals surface area contributed by atoms with Gasteiger partial charge in [-0.1, -0.05) is 6.07 Å². The number of aryl methyl sites for hydroxylation is 1. The molecule has 2 aromatic carbocycles. The van der Waals surface area contributed by atoms with Crippen LogP contribution in [-0.2, 0) is 6.42 Å². The van der Waals surface area contributed by atoms with Crippen LogP contribution in [0.2, 0.25) is 0 Å². The molecule has 0 spiro atoms. The van der Waals surface area contributed by atoms with E-state index < -0.39 is 23.6 Å². The number of rotatable bonds is 4. The fourth-order valence-corrected chi connectivity index (χ4v) is 2.60. The maximum Gasteiger partial charge on any atom is 0.184 e. The van der Waals surface area contributed by atoms with Gasteiger partial charge in [0, 0.05) is 17.4 Å². The average molecular weight is 347 g/mol. The summed E-state index contributed by atoms with van der Waals surface area (Å²) in [5, 5.41) is 9.93. The quantitative estimate of drug-likeness (QED) is 0.745. The summed E-state index contributed by atoms with van der Waals surface area (Å²) in [6.45, 7) is 3.14. The summed E-state index contributed by atoms with van der Waals surface area (Å²) in [5.74, 6) is -1.94. The van der Waals surface area contributed by atoms with Crippen molar-refractivity contribution in [2.24, 2.45) is 0 Å². The summed E-state index contributed by atoms with van der Waals surface area (Å²) < 4.78 is 47.0. The normalized spacial score (nSPS) is 12.4. The van der Waals surface area contributed by atoms with E-state index >= 15 is 0 Å². The molecule has 25 heavy (non-hydrogen) atoms. The van der Waals surface area contributed by atoms with Crippen molar-refractivity contribution >= 4 is 10.9 Å². The van der Waals surface area contributed by atoms with Crippen molar-refractivity contribution in [2.45, 2.75) is 26.4 Å². The second-order valence-electron chi connectivity index (χ2n) is 5.88. The minimum atomic E-state index is -1.02. The Hall–Kier alpha value is -2.60. The number of fused-ring (bicyclic) bond motifs is 1. The van der Waals surface area contributed by atoms with E-state index in [0.29, 0.717) is 16.8 Å². The van der Waals surface area contributed by atoms with Crippen molar-refractivity contribution in [1.29, 1.82) is 0 Å². The highest BCUT2D eigenvalue weighted by molar-refractivity contribution is 5.81. The van der Waals surface area contributed by atoms with Crippen LogP contribution in [0.5, 0.6) is 11.5 Å². The van der Waals surface area contributed by atoms with E-state index in [1.165, 1.54) is 24.3 Å². The highest BCUT2D eigenvalue weighted by Gasteiger charge is 2.16. The van der Waals surface area contributed by atoms with Gasteiger partial charge in [0.1, 0.15) is 22.8 Å². The number of aromatic nitrogens is 1. The number of benzene rings is 2. The van der Waals surface area contributed by atoms with Crippen LogP contribution in [0.1, 0.15) is 18.2 Å². The average Bonchev–Trinajstić information content (AvgIpc) is 2.55. The predicted molar refractivity (Wildman–Crippen MR) is 88.3 cm³/mol. The molecule has 0 saturated heterocycles. The largest absolute Gasteiger partial charge is 0.455 e. The summed E-state index contributed by atoms with van der Waals surface area (Å²) in [5.41, 5.74) is 0.486. The molecule has 1 heterocycles. The first-order valence-corrected chi connectivity index (χ1v) is 7.75. The lowest BCUT2D eigenvalue weighted by Crippen LogP contribution is -2.08. The maximum atomic E-state index is 14.1. The first-order chi connectivity index (χ1) is 11.9. The van der Waals surface area contributed by atoms with Crippen LogP contribution in [0.4, 0.5) is 13.2 Å². The summed E-state index contributed by atoms with van der Waals surface area (Å²) in [6, 6.07) is 8.30. The highest BCUT2D eigenvalue weighted by atomic mass is 19.2. The third-order valence-electron chi connectivity index (χ3n) is 3.82. The minimum Gasteiger partial charge on any atom is -0.455 e. The predicted octanol–water partition coefficient (Wildman–Crippen LogP) is 4.68. The van der Waals surface area contributed by atoms with Gasteiger partial charge in [-0.25, -0.2) is 18.2 Å². The number of ether oxygens (including phenoxy) is 1. The third kappa shape index (κ3) is 3.44. The molecule has 0 saturated carbocycles. The number of aliphatic hydroxyl groups is 1. The van der Waals surface area contributed by atoms with Gasteiger partial charge in [-0.3, -0.25) is 0 Å². The van der Waals surface area contributed by atoms with Gasteiger partial charge in [0.2, 0.25) is 0 Å². The molecule has 6 heteroatoms. The van der Waals surface area contributed by atoms with Crippen LogP contribution in [-0.4, -0.2) is 16.2 Å². The molecule has 0 aliphatic rings. The molecule has 0 fully saturated rings. The minimum absolute atomic E-state index is 0.0852. The number of pyridine rings is 1. The highest BCUT2D eigenvalue weighted by Crippen LogP contribution is 2.32. The van der Waals surface area contributed by atoms with Gasteiger partial charge < -0.3 is 9.84 Å². The lowest BCUT2D eigenvalue weighted by Gasteiger charge is -2.15. The second kappa shape index (κ2) is 6.72. The molecule has 1 N–H and O–H groups in total. The van der Waals surface area contributed by atoms with Crippen LogP contribution in [0.15, 0.2) is 36.4 Å². The fraction of sp³-hybridized carbons (Fsp3) is 0.211. The molecule has 1 atom stereocenters. The van der Waals surface area contributed by atoms with Crippen molar-refractivity contribution in [3.63, 3.8) is 0 Å². The topological polar surface area (TPSA) is 42.4 Å². The third-order valence-corrected chi connectivity index (χ3v) is 3.82. The zero-order chi connectivity index (χ0) is 18.1. The standard InChI is InChI=1S/C19H16F3NO2/c1-10(24)8-13-14(20)4-3-5-16(13)25-17-9-12-6-7-15(21)18(22)19(12)23-11(17)2/h3-7,9-10,24H,8H2,1-2H3. The smallest absolute Gasteiger partial charge is 0.184 e. The molecule has 0 aliphatic carbocycles. The first kappa shape index (κ1) is 17.2. The molecule has 0 bridgehead atoms. The van der Waals surface area contributed by atoms with Gasteiger partial charge in [0.25, 0.3) is 0 Å².